The number of hydrogen-bond acceptors (Lipinski definition) is 1. The van der Waals surface area contributed by atoms with E-state index in [2.05, 4.69) is 69.0 Å². The summed E-state index contributed by atoms with van der Waals surface area (Å²) in [6.07, 6.45) is 2.41. The summed E-state index contributed by atoms with van der Waals surface area (Å²) in [5.74, 6) is 0.00911. The molecule has 34 heavy (non-hydrogen) atoms. The van der Waals surface area contributed by atoms with Crippen molar-refractivity contribution in [3.8, 4) is 0 Å². The predicted molar refractivity (Wildman–Crippen MR) is 139 cm³/mol. The van der Waals surface area contributed by atoms with E-state index in [4.69, 9.17) is 0 Å². The molecule has 3 aromatic carbocycles. The van der Waals surface area contributed by atoms with Gasteiger partial charge in [0.2, 0.25) is 0 Å². The fraction of sp³-hybridized carbons (Fsp3) is 0.323. The van der Waals surface area contributed by atoms with Crippen LogP contribution in [0.15, 0.2) is 73.3 Å². The van der Waals surface area contributed by atoms with E-state index in [1.54, 1.807) is 0 Å². The maximum absolute atomic E-state index is 12.6. The molecule has 0 atom stereocenters. The van der Waals surface area contributed by atoms with E-state index in [0.29, 0.717) is 5.56 Å². The fourth-order valence-electron chi connectivity index (χ4n) is 4.82. The Hall–Kier alpha value is -2.40. The van der Waals surface area contributed by atoms with Gasteiger partial charge in [0, 0.05) is 0 Å². The third-order valence-electron chi connectivity index (χ3n) is 7.24. The standard InChI is InChI=1S/C31H35INO/c1-21-18-27-28(31(5,6)17-16-30(27,3)4)19-26(21)22(2)24-12-14-25(15-13-24)29(34)33-32-20-23-10-8-7-9-11-23/h7-15,18-19H,2,16-17,20H2,1,3-6H3,(H,33,34)/q-1. The Bertz CT molecular complexity index is 1210. The fourth-order valence-corrected chi connectivity index (χ4v) is 6.62. The molecular weight excluding hydrogens is 529 g/mol. The normalized spacial score (nSPS) is 16.0. The molecule has 1 aliphatic rings. The van der Waals surface area contributed by atoms with E-state index >= 15 is 0 Å². The molecule has 4 rings (SSSR count). The minimum atomic E-state index is -0.422. The van der Waals surface area contributed by atoms with Crippen molar-refractivity contribution in [2.75, 3.05) is 0 Å². The second-order valence-corrected chi connectivity index (χ2v) is 12.8. The van der Waals surface area contributed by atoms with Crippen LogP contribution in [0.3, 0.4) is 0 Å². The van der Waals surface area contributed by atoms with Gasteiger partial charge in [0.15, 0.2) is 0 Å². The van der Waals surface area contributed by atoms with Crippen molar-refractivity contribution >= 4 is 11.5 Å². The maximum atomic E-state index is 12.6. The summed E-state index contributed by atoms with van der Waals surface area (Å²) >= 11 is -0.422. The van der Waals surface area contributed by atoms with E-state index in [-0.39, 0.29) is 16.7 Å². The van der Waals surface area contributed by atoms with Crippen LogP contribution in [0, 0.1) is 6.92 Å². The summed E-state index contributed by atoms with van der Waals surface area (Å²) in [6, 6.07) is 23.0. The van der Waals surface area contributed by atoms with Gasteiger partial charge < -0.3 is 0 Å². The summed E-state index contributed by atoms with van der Waals surface area (Å²) < 4.78 is 4.07. The first kappa shape index (κ1) is 24.7. The number of nitrogens with one attached hydrogen (secondary N) is 1. The number of amides is 1. The van der Waals surface area contributed by atoms with E-state index in [9.17, 15) is 4.79 Å². The van der Waals surface area contributed by atoms with Crippen LogP contribution in [0.5, 0.6) is 0 Å². The molecule has 0 saturated carbocycles. The average molecular weight is 565 g/mol. The number of alkyl halides is 1. The summed E-state index contributed by atoms with van der Waals surface area (Å²) in [6.45, 7) is 16.1. The average Bonchev–Trinajstić information content (AvgIpc) is 2.82. The second-order valence-electron chi connectivity index (χ2n) is 10.7. The molecule has 2 nitrogen and oxygen atoms in total. The monoisotopic (exact) mass is 564 g/mol. The topological polar surface area (TPSA) is 29.1 Å². The van der Waals surface area contributed by atoms with Crippen LogP contribution >= 0.6 is 0 Å². The number of hydrogen-bond donors (Lipinski definition) is 1. The number of carbonyl (C=O) groups is 1. The van der Waals surface area contributed by atoms with Crippen molar-refractivity contribution in [1.82, 2.24) is 3.53 Å². The molecule has 3 heteroatoms. The van der Waals surface area contributed by atoms with Crippen LogP contribution in [0.4, 0.5) is 0 Å². The van der Waals surface area contributed by atoms with Crippen molar-refractivity contribution in [2.24, 2.45) is 0 Å². The van der Waals surface area contributed by atoms with Crippen LogP contribution in [0.1, 0.15) is 84.3 Å². The SMILES string of the molecule is C=C(c1ccc(C(=O)N[I-]Cc2ccccc2)cc1)c1cc2c(cc1C)C(C)(C)CCC2(C)C. The molecule has 0 fully saturated rings. The summed E-state index contributed by atoms with van der Waals surface area (Å²) in [5, 5.41) is 0. The van der Waals surface area contributed by atoms with E-state index in [0.717, 1.165) is 15.6 Å². The van der Waals surface area contributed by atoms with Crippen molar-refractivity contribution in [3.05, 3.63) is 112 Å². The van der Waals surface area contributed by atoms with Gasteiger partial charge in [-0.3, -0.25) is 0 Å². The third-order valence-corrected chi connectivity index (χ3v) is 9.37. The molecule has 0 aromatic heterocycles. The summed E-state index contributed by atoms with van der Waals surface area (Å²) in [4.78, 5) is 12.6. The molecule has 1 amide bonds. The first-order valence-corrected chi connectivity index (χ1v) is 14.6. The molecule has 0 aliphatic heterocycles. The summed E-state index contributed by atoms with van der Waals surface area (Å²) in [5.41, 5.74) is 9.81. The molecule has 1 N–H and O–H groups in total. The van der Waals surface area contributed by atoms with Gasteiger partial charge in [-0.15, -0.1) is 0 Å². The first-order valence-electron chi connectivity index (χ1n) is 12.0. The quantitative estimate of drug-likeness (QED) is 0.270. The van der Waals surface area contributed by atoms with E-state index < -0.39 is 21.5 Å². The van der Waals surface area contributed by atoms with Crippen molar-refractivity contribution in [1.29, 1.82) is 0 Å². The Balaban J connectivity index is 1.50. The summed E-state index contributed by atoms with van der Waals surface area (Å²) in [7, 11) is 0. The third kappa shape index (κ3) is 5.14. The van der Waals surface area contributed by atoms with Crippen molar-refractivity contribution < 1.29 is 26.3 Å². The van der Waals surface area contributed by atoms with Crippen LogP contribution in [-0.4, -0.2) is 5.91 Å². The molecule has 0 radical (unpaired) electrons. The molecule has 0 saturated heterocycles. The van der Waals surface area contributed by atoms with E-state index in [1.807, 2.05) is 42.5 Å². The minimum absolute atomic E-state index is 0.00911. The predicted octanol–water partition coefficient (Wildman–Crippen LogP) is 4.34. The van der Waals surface area contributed by atoms with Gasteiger partial charge >= 0.3 is 196 Å². The Morgan fingerprint density at radius 3 is 2.06 bits per heavy atom. The van der Waals surface area contributed by atoms with Crippen LogP contribution < -0.4 is 25.0 Å². The van der Waals surface area contributed by atoms with Gasteiger partial charge in [-0.25, -0.2) is 0 Å². The number of carbonyl (C=O) groups excluding carboxylic acids is 1. The zero-order valence-electron chi connectivity index (χ0n) is 21.0. The van der Waals surface area contributed by atoms with Gasteiger partial charge in [-0.05, 0) is 6.42 Å². The van der Waals surface area contributed by atoms with Crippen molar-refractivity contribution in [2.45, 2.75) is 62.7 Å². The molecule has 1 aliphatic carbocycles. The van der Waals surface area contributed by atoms with Crippen molar-refractivity contribution in [3.63, 3.8) is 0 Å². The molecule has 178 valence electrons. The number of benzene rings is 3. The second kappa shape index (κ2) is 9.69. The molecule has 3 aromatic rings. The van der Waals surface area contributed by atoms with Gasteiger partial charge in [-0.1, -0.05) is 13.8 Å². The zero-order valence-corrected chi connectivity index (χ0v) is 23.1. The van der Waals surface area contributed by atoms with Crippen LogP contribution in [-0.2, 0) is 15.3 Å². The Morgan fingerprint density at radius 2 is 1.44 bits per heavy atom. The van der Waals surface area contributed by atoms with Gasteiger partial charge in [0.25, 0.3) is 0 Å². The number of halogens is 1. The van der Waals surface area contributed by atoms with Gasteiger partial charge in [0.1, 0.15) is 0 Å². The van der Waals surface area contributed by atoms with Crippen LogP contribution in [0.25, 0.3) is 5.57 Å². The molecule has 0 heterocycles. The molecule has 0 bridgehead atoms. The molecule has 0 spiro atoms. The number of fused-ring (bicyclic) bond motifs is 1. The van der Waals surface area contributed by atoms with Gasteiger partial charge in [0.05, 0.1) is 0 Å². The molecule has 0 unspecified atom stereocenters. The Kier molecular flexibility index (Phi) is 7.04. The van der Waals surface area contributed by atoms with Gasteiger partial charge in [-0.2, -0.15) is 0 Å². The molecular formula is C31H35INO-. The first-order chi connectivity index (χ1) is 16.1. The Morgan fingerprint density at radius 1 is 0.882 bits per heavy atom. The number of aryl methyl sites for hydroxylation is 1. The van der Waals surface area contributed by atoms with Crippen LogP contribution in [0.2, 0.25) is 0 Å². The zero-order chi connectivity index (χ0) is 24.5. The Labute approximate surface area is 215 Å². The number of rotatable bonds is 6. The van der Waals surface area contributed by atoms with E-state index in [1.165, 1.54) is 40.7 Å².